The predicted octanol–water partition coefficient (Wildman–Crippen LogP) is 4.12. The maximum Gasteiger partial charge on any atom is 0.224 e. The predicted molar refractivity (Wildman–Crippen MR) is 98.8 cm³/mol. The molecule has 25 heavy (non-hydrogen) atoms. The summed E-state index contributed by atoms with van der Waals surface area (Å²) in [6.07, 6.45) is 1.03. The molecule has 0 saturated carbocycles. The molecule has 0 radical (unpaired) electrons. The van der Waals surface area contributed by atoms with E-state index in [4.69, 9.17) is 14.2 Å². The highest BCUT2D eigenvalue weighted by Gasteiger charge is 2.08. The molecule has 5 nitrogen and oxygen atoms in total. The van der Waals surface area contributed by atoms with Crippen molar-refractivity contribution in [2.24, 2.45) is 0 Å². The molecule has 0 aliphatic heterocycles. The van der Waals surface area contributed by atoms with Crippen LogP contribution in [0.25, 0.3) is 0 Å². The maximum atomic E-state index is 12.1. The topological polar surface area (TPSA) is 56.8 Å². The molecule has 0 atom stereocenters. The zero-order chi connectivity index (χ0) is 18.2. The fraction of sp³-hybridized carbons (Fsp3) is 0.350. The molecule has 0 aliphatic carbocycles. The monoisotopic (exact) mass is 343 g/mol. The van der Waals surface area contributed by atoms with E-state index in [0.717, 1.165) is 11.3 Å². The zero-order valence-electron chi connectivity index (χ0n) is 15.2. The van der Waals surface area contributed by atoms with Crippen molar-refractivity contribution in [3.63, 3.8) is 0 Å². The number of hydrogen-bond donors (Lipinski definition) is 1. The summed E-state index contributed by atoms with van der Waals surface area (Å²) in [6.45, 7) is 4.59. The Kier molecular flexibility index (Phi) is 6.69. The molecule has 0 aliphatic rings. The van der Waals surface area contributed by atoms with Crippen molar-refractivity contribution in [2.75, 3.05) is 26.1 Å². The number of rotatable bonds is 8. The highest BCUT2D eigenvalue weighted by Crippen LogP contribution is 2.29. The molecule has 0 fully saturated rings. The minimum atomic E-state index is -0.0585. The first-order valence-corrected chi connectivity index (χ1v) is 8.26. The lowest BCUT2D eigenvalue weighted by Gasteiger charge is -2.12. The molecular formula is C20H25NO4. The van der Waals surface area contributed by atoms with Gasteiger partial charge in [0.1, 0.15) is 5.75 Å². The standard InChI is InChI=1S/C20H25NO4/c1-14-7-5-8-17(15(14)2)25-12-6-9-20(22)21-16-10-11-18(23-3)19(13-16)24-4/h5,7-8,10-11,13H,6,9,12H2,1-4H3,(H,21,22). The fourth-order valence-electron chi connectivity index (χ4n) is 2.43. The van der Waals surface area contributed by atoms with E-state index < -0.39 is 0 Å². The number of amides is 1. The SMILES string of the molecule is COc1ccc(NC(=O)CCCOc2cccc(C)c2C)cc1OC. The van der Waals surface area contributed by atoms with E-state index in [9.17, 15) is 4.79 Å². The maximum absolute atomic E-state index is 12.1. The summed E-state index contributed by atoms with van der Waals surface area (Å²) in [5.41, 5.74) is 3.01. The molecule has 0 heterocycles. The van der Waals surface area contributed by atoms with Crippen molar-refractivity contribution < 1.29 is 19.0 Å². The average Bonchev–Trinajstić information content (AvgIpc) is 2.62. The molecule has 0 aromatic heterocycles. The first kappa shape index (κ1) is 18.6. The Morgan fingerprint density at radius 2 is 1.76 bits per heavy atom. The second-order valence-corrected chi connectivity index (χ2v) is 5.77. The van der Waals surface area contributed by atoms with Gasteiger partial charge in [0.2, 0.25) is 5.91 Å². The van der Waals surface area contributed by atoms with Crippen molar-refractivity contribution in [3.05, 3.63) is 47.5 Å². The lowest BCUT2D eigenvalue weighted by molar-refractivity contribution is -0.116. The minimum Gasteiger partial charge on any atom is -0.493 e. The molecule has 0 spiro atoms. The van der Waals surface area contributed by atoms with Crippen LogP contribution in [0.2, 0.25) is 0 Å². The second kappa shape index (κ2) is 8.97. The molecule has 134 valence electrons. The number of ether oxygens (including phenoxy) is 3. The van der Waals surface area contributed by atoms with Gasteiger partial charge >= 0.3 is 0 Å². The number of methoxy groups -OCH3 is 2. The number of aryl methyl sites for hydroxylation is 1. The van der Waals surface area contributed by atoms with Crippen LogP contribution >= 0.6 is 0 Å². The third-order valence-electron chi connectivity index (χ3n) is 4.03. The number of carbonyl (C=O) groups is 1. The summed E-state index contributed by atoms with van der Waals surface area (Å²) in [6, 6.07) is 11.3. The van der Waals surface area contributed by atoms with Gasteiger partial charge in [-0.1, -0.05) is 12.1 Å². The van der Waals surface area contributed by atoms with E-state index >= 15 is 0 Å². The summed E-state index contributed by atoms with van der Waals surface area (Å²) >= 11 is 0. The summed E-state index contributed by atoms with van der Waals surface area (Å²) in [7, 11) is 3.14. The molecule has 1 N–H and O–H groups in total. The van der Waals surface area contributed by atoms with E-state index in [2.05, 4.69) is 18.3 Å². The van der Waals surface area contributed by atoms with E-state index in [1.807, 2.05) is 19.1 Å². The lowest BCUT2D eigenvalue weighted by atomic mass is 10.1. The summed E-state index contributed by atoms with van der Waals surface area (Å²) in [5.74, 6) is 2.03. The minimum absolute atomic E-state index is 0.0585. The van der Waals surface area contributed by atoms with E-state index in [0.29, 0.717) is 36.6 Å². The molecule has 5 heteroatoms. The molecule has 2 rings (SSSR count). The molecular weight excluding hydrogens is 318 g/mol. The number of anilines is 1. The van der Waals surface area contributed by atoms with Crippen molar-refractivity contribution in [1.82, 2.24) is 0 Å². The van der Waals surface area contributed by atoms with Crippen molar-refractivity contribution in [1.29, 1.82) is 0 Å². The summed E-state index contributed by atoms with van der Waals surface area (Å²) < 4.78 is 16.2. The van der Waals surface area contributed by atoms with Crippen LogP contribution in [-0.2, 0) is 4.79 Å². The Bertz CT molecular complexity index is 728. The number of carbonyl (C=O) groups excluding carboxylic acids is 1. The van der Waals surface area contributed by atoms with Crippen LogP contribution < -0.4 is 19.5 Å². The van der Waals surface area contributed by atoms with Gasteiger partial charge in [-0.25, -0.2) is 0 Å². The van der Waals surface area contributed by atoms with E-state index in [1.54, 1.807) is 32.4 Å². The van der Waals surface area contributed by atoms with Gasteiger partial charge in [0.05, 0.1) is 20.8 Å². The fourth-order valence-corrected chi connectivity index (χ4v) is 2.43. The number of benzene rings is 2. The molecule has 1 amide bonds. The Balaban J connectivity index is 1.80. The summed E-state index contributed by atoms with van der Waals surface area (Å²) in [5, 5.41) is 2.86. The van der Waals surface area contributed by atoms with Crippen molar-refractivity contribution >= 4 is 11.6 Å². The third kappa shape index (κ3) is 5.14. The van der Waals surface area contributed by atoms with Gasteiger partial charge in [-0.2, -0.15) is 0 Å². The van der Waals surface area contributed by atoms with Gasteiger partial charge in [-0.3, -0.25) is 4.79 Å². The molecule has 2 aromatic rings. The molecule has 2 aromatic carbocycles. The largest absolute Gasteiger partial charge is 0.493 e. The van der Waals surface area contributed by atoms with Gasteiger partial charge < -0.3 is 19.5 Å². The first-order chi connectivity index (χ1) is 12.0. The van der Waals surface area contributed by atoms with Crippen LogP contribution in [0, 0.1) is 13.8 Å². The normalized spacial score (nSPS) is 10.2. The quantitative estimate of drug-likeness (QED) is 0.733. The van der Waals surface area contributed by atoms with Crippen LogP contribution in [0.15, 0.2) is 36.4 Å². The van der Waals surface area contributed by atoms with E-state index in [-0.39, 0.29) is 5.91 Å². The summed E-state index contributed by atoms with van der Waals surface area (Å²) in [4.78, 5) is 12.1. The third-order valence-corrected chi connectivity index (χ3v) is 4.03. The molecule has 0 unspecified atom stereocenters. The van der Waals surface area contributed by atoms with Crippen molar-refractivity contribution in [2.45, 2.75) is 26.7 Å². The Morgan fingerprint density at radius 3 is 2.48 bits per heavy atom. The van der Waals surface area contributed by atoms with Crippen LogP contribution in [0.3, 0.4) is 0 Å². The highest BCUT2D eigenvalue weighted by molar-refractivity contribution is 5.91. The zero-order valence-corrected chi connectivity index (χ0v) is 15.2. The second-order valence-electron chi connectivity index (χ2n) is 5.77. The molecule has 0 bridgehead atoms. The number of nitrogens with one attached hydrogen (secondary N) is 1. The van der Waals surface area contributed by atoms with Gasteiger partial charge in [-0.15, -0.1) is 0 Å². The smallest absolute Gasteiger partial charge is 0.224 e. The number of hydrogen-bond acceptors (Lipinski definition) is 4. The van der Waals surface area contributed by atoms with E-state index in [1.165, 1.54) is 5.56 Å². The Morgan fingerprint density at radius 1 is 1.00 bits per heavy atom. The highest BCUT2D eigenvalue weighted by atomic mass is 16.5. The van der Waals surface area contributed by atoms with Crippen molar-refractivity contribution in [3.8, 4) is 17.2 Å². The molecule has 0 saturated heterocycles. The van der Waals surface area contributed by atoms with Crippen LogP contribution in [0.1, 0.15) is 24.0 Å². The first-order valence-electron chi connectivity index (χ1n) is 8.26. The Hall–Kier alpha value is -2.69. The van der Waals surface area contributed by atoms with Crippen LogP contribution in [0.5, 0.6) is 17.2 Å². The van der Waals surface area contributed by atoms with Gasteiger partial charge in [0, 0.05) is 18.2 Å². The van der Waals surface area contributed by atoms with Gasteiger partial charge in [0.15, 0.2) is 11.5 Å². The lowest BCUT2D eigenvalue weighted by Crippen LogP contribution is -2.13. The Labute approximate surface area is 148 Å². The van der Waals surface area contributed by atoms with Gasteiger partial charge in [0.25, 0.3) is 0 Å². The van der Waals surface area contributed by atoms with Gasteiger partial charge in [-0.05, 0) is 49.6 Å². The average molecular weight is 343 g/mol. The van der Waals surface area contributed by atoms with Crippen LogP contribution in [-0.4, -0.2) is 26.7 Å². The van der Waals surface area contributed by atoms with Crippen LogP contribution in [0.4, 0.5) is 5.69 Å².